The van der Waals surface area contributed by atoms with Crippen LogP contribution < -0.4 is 23.9 Å². The molecular formula is C20H22NO4+. The monoisotopic (exact) mass is 340 g/mol. The summed E-state index contributed by atoms with van der Waals surface area (Å²) in [5, 5.41) is 2.18. The van der Waals surface area contributed by atoms with Crippen molar-refractivity contribution in [1.29, 1.82) is 0 Å². The van der Waals surface area contributed by atoms with E-state index in [0.717, 1.165) is 45.6 Å². The molecule has 0 saturated carbocycles. The number of H-pyrrole nitrogens is 1. The standard InChI is InChI=1S/C20H21NO4/c1-22-17-6-5-13(8-18(17)23-2)7-14-11-21-12-15-9-19(24-3)20(25-4)10-16(14)15/h5-6,8-12H,7H2,1-4H3/p+1. The highest BCUT2D eigenvalue weighted by Crippen LogP contribution is 2.34. The largest absolute Gasteiger partial charge is 0.493 e. The van der Waals surface area contributed by atoms with E-state index in [1.165, 1.54) is 0 Å². The number of hydrogen-bond acceptors (Lipinski definition) is 4. The van der Waals surface area contributed by atoms with E-state index in [1.807, 2.05) is 42.7 Å². The van der Waals surface area contributed by atoms with Gasteiger partial charge in [-0.25, -0.2) is 4.98 Å². The lowest BCUT2D eigenvalue weighted by atomic mass is 10.00. The number of ether oxygens (including phenoxy) is 4. The number of rotatable bonds is 6. The first kappa shape index (κ1) is 16.9. The van der Waals surface area contributed by atoms with E-state index in [0.29, 0.717) is 5.75 Å². The Labute approximate surface area is 147 Å². The van der Waals surface area contributed by atoms with Crippen molar-refractivity contribution in [2.45, 2.75) is 6.42 Å². The Morgan fingerprint density at radius 1 is 0.720 bits per heavy atom. The maximum Gasteiger partial charge on any atom is 0.175 e. The number of aromatic amines is 1. The van der Waals surface area contributed by atoms with Gasteiger partial charge in [0.05, 0.1) is 28.4 Å². The Morgan fingerprint density at radius 3 is 2.04 bits per heavy atom. The van der Waals surface area contributed by atoms with Crippen LogP contribution in [0, 0.1) is 0 Å². The van der Waals surface area contributed by atoms with E-state index in [4.69, 9.17) is 18.9 Å². The van der Waals surface area contributed by atoms with Crippen molar-refractivity contribution in [2.75, 3.05) is 28.4 Å². The molecule has 0 aliphatic heterocycles. The maximum atomic E-state index is 5.44. The third-order valence-corrected chi connectivity index (χ3v) is 4.24. The number of pyridine rings is 1. The Hall–Kier alpha value is -2.95. The van der Waals surface area contributed by atoms with Gasteiger partial charge in [-0.05, 0) is 29.8 Å². The highest BCUT2D eigenvalue weighted by Gasteiger charge is 2.13. The molecule has 0 spiro atoms. The van der Waals surface area contributed by atoms with E-state index in [2.05, 4.69) is 4.98 Å². The van der Waals surface area contributed by atoms with Crippen LogP contribution in [0.15, 0.2) is 42.7 Å². The molecule has 0 saturated heterocycles. The first-order chi connectivity index (χ1) is 12.2. The van der Waals surface area contributed by atoms with Gasteiger partial charge in [0.2, 0.25) is 0 Å². The first-order valence-corrected chi connectivity index (χ1v) is 7.95. The van der Waals surface area contributed by atoms with Crippen LogP contribution in [0.3, 0.4) is 0 Å². The minimum absolute atomic E-state index is 0.715. The molecule has 5 heteroatoms. The Kier molecular flexibility index (Phi) is 4.93. The number of nitrogens with one attached hydrogen (secondary N) is 1. The zero-order chi connectivity index (χ0) is 17.8. The highest BCUT2D eigenvalue weighted by molar-refractivity contribution is 5.87. The van der Waals surface area contributed by atoms with Crippen molar-refractivity contribution in [1.82, 2.24) is 0 Å². The Morgan fingerprint density at radius 2 is 1.36 bits per heavy atom. The van der Waals surface area contributed by atoms with Gasteiger partial charge in [-0.1, -0.05) is 6.07 Å². The first-order valence-electron chi connectivity index (χ1n) is 7.95. The molecule has 3 aromatic rings. The molecule has 1 heterocycles. The van der Waals surface area contributed by atoms with Crippen molar-refractivity contribution >= 4 is 10.8 Å². The van der Waals surface area contributed by atoms with E-state index < -0.39 is 0 Å². The van der Waals surface area contributed by atoms with Gasteiger partial charge in [0.1, 0.15) is 0 Å². The minimum atomic E-state index is 0.715. The van der Waals surface area contributed by atoms with E-state index in [1.54, 1.807) is 28.4 Å². The number of methoxy groups -OCH3 is 4. The predicted molar refractivity (Wildman–Crippen MR) is 96.0 cm³/mol. The predicted octanol–water partition coefficient (Wildman–Crippen LogP) is 3.28. The van der Waals surface area contributed by atoms with Crippen LogP contribution in [-0.2, 0) is 6.42 Å². The molecule has 0 aliphatic rings. The summed E-state index contributed by atoms with van der Waals surface area (Å²) in [7, 11) is 6.56. The van der Waals surface area contributed by atoms with E-state index in [-0.39, 0.29) is 0 Å². The van der Waals surface area contributed by atoms with E-state index in [9.17, 15) is 0 Å². The smallest absolute Gasteiger partial charge is 0.175 e. The van der Waals surface area contributed by atoms with Crippen LogP contribution in [0.2, 0.25) is 0 Å². The molecule has 0 unspecified atom stereocenters. The van der Waals surface area contributed by atoms with Gasteiger partial charge in [0.15, 0.2) is 35.4 Å². The minimum Gasteiger partial charge on any atom is -0.493 e. The molecule has 1 N–H and O–H groups in total. The molecule has 0 bridgehead atoms. The number of fused-ring (bicyclic) bond motifs is 1. The molecule has 2 aromatic carbocycles. The van der Waals surface area contributed by atoms with E-state index >= 15 is 0 Å². The quantitative estimate of drug-likeness (QED) is 0.691. The average molecular weight is 340 g/mol. The zero-order valence-electron chi connectivity index (χ0n) is 14.9. The van der Waals surface area contributed by atoms with Crippen molar-refractivity contribution in [3.05, 3.63) is 53.9 Å². The molecule has 0 radical (unpaired) electrons. The molecule has 0 amide bonds. The molecule has 0 aliphatic carbocycles. The lowest BCUT2D eigenvalue weighted by molar-refractivity contribution is -0.376. The van der Waals surface area contributed by atoms with Crippen LogP contribution in [0.5, 0.6) is 23.0 Å². The van der Waals surface area contributed by atoms with Crippen molar-refractivity contribution in [3.63, 3.8) is 0 Å². The summed E-state index contributed by atoms with van der Waals surface area (Å²) >= 11 is 0. The highest BCUT2D eigenvalue weighted by atomic mass is 16.5. The van der Waals surface area contributed by atoms with Gasteiger partial charge in [0, 0.05) is 22.8 Å². The SMILES string of the molecule is COc1ccc(Cc2c[nH+]cc3cc(OC)c(OC)cc23)cc1OC. The summed E-state index contributed by atoms with van der Waals surface area (Å²) in [4.78, 5) is 3.21. The molecule has 0 atom stereocenters. The van der Waals surface area contributed by atoms with Gasteiger partial charge < -0.3 is 18.9 Å². The molecule has 3 rings (SSSR count). The Balaban J connectivity index is 2.04. The molecular weight excluding hydrogens is 318 g/mol. The van der Waals surface area contributed by atoms with Gasteiger partial charge in [0.25, 0.3) is 0 Å². The van der Waals surface area contributed by atoms with Crippen molar-refractivity contribution in [3.8, 4) is 23.0 Å². The van der Waals surface area contributed by atoms with Gasteiger partial charge in [-0.3, -0.25) is 0 Å². The lowest BCUT2D eigenvalue weighted by Gasteiger charge is -2.11. The summed E-state index contributed by atoms with van der Waals surface area (Å²) in [5.74, 6) is 2.88. The summed E-state index contributed by atoms with van der Waals surface area (Å²) in [6.07, 6.45) is 4.71. The number of aromatic nitrogens is 1. The molecule has 25 heavy (non-hydrogen) atoms. The molecule has 5 nitrogen and oxygen atoms in total. The van der Waals surface area contributed by atoms with Crippen LogP contribution in [-0.4, -0.2) is 28.4 Å². The fraction of sp³-hybridized carbons (Fsp3) is 0.250. The van der Waals surface area contributed by atoms with Gasteiger partial charge >= 0.3 is 0 Å². The Bertz CT molecular complexity index is 892. The average Bonchev–Trinajstić information content (AvgIpc) is 2.66. The molecule has 130 valence electrons. The van der Waals surface area contributed by atoms with Crippen molar-refractivity contribution in [2.24, 2.45) is 0 Å². The lowest BCUT2D eigenvalue weighted by Crippen LogP contribution is -2.04. The third-order valence-electron chi connectivity index (χ3n) is 4.24. The number of hydrogen-bond donors (Lipinski definition) is 0. The second kappa shape index (κ2) is 7.30. The normalized spacial score (nSPS) is 10.6. The number of benzene rings is 2. The van der Waals surface area contributed by atoms with Gasteiger partial charge in [-0.15, -0.1) is 0 Å². The topological polar surface area (TPSA) is 51.1 Å². The second-order valence-corrected chi connectivity index (χ2v) is 5.64. The fourth-order valence-corrected chi connectivity index (χ4v) is 2.96. The zero-order valence-corrected chi connectivity index (χ0v) is 14.9. The van der Waals surface area contributed by atoms with Crippen LogP contribution in [0.25, 0.3) is 10.8 Å². The molecule has 0 fully saturated rings. The maximum absolute atomic E-state index is 5.44. The van der Waals surface area contributed by atoms with Crippen molar-refractivity contribution < 1.29 is 23.9 Å². The second-order valence-electron chi connectivity index (χ2n) is 5.64. The summed E-state index contributed by atoms with van der Waals surface area (Å²) in [6.45, 7) is 0. The summed E-state index contributed by atoms with van der Waals surface area (Å²) in [5.41, 5.74) is 2.29. The van der Waals surface area contributed by atoms with Gasteiger partial charge in [-0.2, -0.15) is 0 Å². The third kappa shape index (κ3) is 3.31. The summed E-state index contributed by atoms with van der Waals surface area (Å²) < 4.78 is 21.5. The van der Waals surface area contributed by atoms with Crippen LogP contribution >= 0.6 is 0 Å². The van der Waals surface area contributed by atoms with Crippen LogP contribution in [0.4, 0.5) is 0 Å². The molecule has 1 aromatic heterocycles. The van der Waals surface area contributed by atoms with Crippen LogP contribution in [0.1, 0.15) is 11.1 Å². The summed E-state index contributed by atoms with van der Waals surface area (Å²) in [6, 6.07) is 9.95. The fourth-order valence-electron chi connectivity index (χ4n) is 2.96.